The van der Waals surface area contributed by atoms with Crippen molar-refractivity contribution < 1.29 is 4.84 Å². The van der Waals surface area contributed by atoms with Crippen molar-refractivity contribution in [2.75, 3.05) is 0 Å². The Morgan fingerprint density at radius 3 is 2.88 bits per heavy atom. The molecular formula is C17H26N4O3. The molecule has 0 amide bonds. The number of aromatic nitrogens is 2. The minimum Gasteiger partial charge on any atom is -0.300 e. The Hall–Kier alpha value is -1.89. The quantitative estimate of drug-likeness (QED) is 0.879. The van der Waals surface area contributed by atoms with Crippen LogP contribution in [0, 0.1) is 18.8 Å². The number of amidine groups is 1. The number of nitrogens with one attached hydrogen (secondary N) is 2. The largest absolute Gasteiger partial charge is 0.328 e. The molecule has 132 valence electrons. The Morgan fingerprint density at radius 2 is 2.17 bits per heavy atom. The summed E-state index contributed by atoms with van der Waals surface area (Å²) in [4.78, 5) is 36.8. The molecule has 0 saturated heterocycles. The number of hydroxylamine groups is 1. The normalized spacial score (nSPS) is 26.7. The summed E-state index contributed by atoms with van der Waals surface area (Å²) in [6.07, 6.45) is 5.15. The van der Waals surface area contributed by atoms with E-state index in [-0.39, 0.29) is 0 Å². The molecule has 1 fully saturated rings. The van der Waals surface area contributed by atoms with Crippen LogP contribution in [0.5, 0.6) is 0 Å². The molecule has 1 aliphatic heterocycles. The second kappa shape index (κ2) is 6.20. The number of nitrogens with zero attached hydrogens (tertiary/aromatic N) is 2. The number of rotatable bonds is 3. The maximum absolute atomic E-state index is 12.2. The number of aromatic amines is 1. The van der Waals surface area contributed by atoms with E-state index in [4.69, 9.17) is 9.83 Å². The van der Waals surface area contributed by atoms with Crippen LogP contribution >= 0.6 is 0 Å². The fourth-order valence-electron chi connectivity index (χ4n) is 3.89. The Morgan fingerprint density at radius 1 is 1.42 bits per heavy atom. The highest BCUT2D eigenvalue weighted by molar-refractivity contribution is 5.99. The molecule has 7 nitrogen and oxygen atoms in total. The van der Waals surface area contributed by atoms with E-state index in [9.17, 15) is 9.59 Å². The average Bonchev–Trinajstić information content (AvgIpc) is 2.87. The molecule has 1 aliphatic carbocycles. The van der Waals surface area contributed by atoms with Gasteiger partial charge in [0.05, 0.1) is 0 Å². The Kier molecular flexibility index (Phi) is 4.38. The third-order valence-electron chi connectivity index (χ3n) is 5.10. The molecule has 1 aromatic rings. The lowest BCUT2D eigenvalue weighted by Crippen LogP contribution is -2.38. The van der Waals surface area contributed by atoms with Gasteiger partial charge in [-0.2, -0.15) is 0 Å². The zero-order valence-corrected chi connectivity index (χ0v) is 14.8. The van der Waals surface area contributed by atoms with Gasteiger partial charge in [0.25, 0.3) is 5.56 Å². The summed E-state index contributed by atoms with van der Waals surface area (Å²) >= 11 is 0. The highest BCUT2D eigenvalue weighted by atomic mass is 16.7. The van der Waals surface area contributed by atoms with Crippen molar-refractivity contribution >= 4 is 5.84 Å². The van der Waals surface area contributed by atoms with E-state index in [0.717, 1.165) is 25.7 Å². The third-order valence-corrected chi connectivity index (χ3v) is 5.10. The van der Waals surface area contributed by atoms with Gasteiger partial charge in [0.1, 0.15) is 5.56 Å². The summed E-state index contributed by atoms with van der Waals surface area (Å²) < 4.78 is 1.41. The van der Waals surface area contributed by atoms with E-state index >= 15 is 0 Å². The van der Waals surface area contributed by atoms with E-state index in [0.29, 0.717) is 28.9 Å². The summed E-state index contributed by atoms with van der Waals surface area (Å²) in [6.45, 7) is 6.21. The van der Waals surface area contributed by atoms with Crippen LogP contribution in [0.3, 0.4) is 0 Å². The van der Waals surface area contributed by atoms with E-state index < -0.39 is 17.0 Å². The van der Waals surface area contributed by atoms with Crippen molar-refractivity contribution in [1.29, 1.82) is 0 Å². The van der Waals surface area contributed by atoms with Gasteiger partial charge in [0.2, 0.25) is 0 Å². The molecule has 7 heteroatoms. The van der Waals surface area contributed by atoms with Gasteiger partial charge >= 0.3 is 5.69 Å². The minimum atomic E-state index is -0.583. The summed E-state index contributed by atoms with van der Waals surface area (Å²) in [6, 6.07) is 0. The van der Waals surface area contributed by atoms with Gasteiger partial charge in [0.15, 0.2) is 11.6 Å². The molecule has 1 spiro atoms. The number of hydrogen-bond donors (Lipinski definition) is 2. The monoisotopic (exact) mass is 334 g/mol. The van der Waals surface area contributed by atoms with E-state index in [1.54, 1.807) is 14.0 Å². The van der Waals surface area contributed by atoms with Gasteiger partial charge in [-0.1, -0.05) is 20.3 Å². The van der Waals surface area contributed by atoms with E-state index in [1.165, 1.54) is 11.0 Å². The predicted octanol–water partition coefficient (Wildman–Crippen LogP) is 1.60. The van der Waals surface area contributed by atoms with Crippen LogP contribution in [0.1, 0.15) is 57.2 Å². The molecular weight excluding hydrogens is 308 g/mol. The van der Waals surface area contributed by atoms with Gasteiger partial charge in [-0.05, 0) is 38.0 Å². The van der Waals surface area contributed by atoms with Crippen LogP contribution in [0.2, 0.25) is 0 Å². The highest BCUT2D eigenvalue weighted by Crippen LogP contribution is 2.40. The topological polar surface area (TPSA) is 88.5 Å². The number of H-pyrrole nitrogens is 1. The molecule has 2 unspecified atom stereocenters. The summed E-state index contributed by atoms with van der Waals surface area (Å²) in [5.74, 6) is 1.66. The molecule has 3 rings (SSSR count). The molecule has 2 heterocycles. The predicted molar refractivity (Wildman–Crippen MR) is 91.9 cm³/mol. The first kappa shape index (κ1) is 17.0. The Bertz CT molecular complexity index is 777. The SMILES string of the molecule is Cc1c(C2=NC3(CCCC(CC(C)C)C3)ON2)c(=O)[nH]c(=O)n1C. The fourth-order valence-corrected chi connectivity index (χ4v) is 3.89. The lowest BCUT2D eigenvalue weighted by molar-refractivity contribution is -0.0901. The standard InChI is InChI=1S/C17H26N4O3/c1-10(2)8-12-6-5-7-17(9-12)19-14(20-24-17)13-11(3)21(4)16(23)18-15(13)22/h10,12H,5-9H2,1-4H3,(H,19,20)(H,18,22,23). The molecule has 2 aliphatic rings. The van der Waals surface area contributed by atoms with Crippen molar-refractivity contribution in [2.24, 2.45) is 23.9 Å². The Labute approximate surface area is 141 Å². The molecule has 2 atom stereocenters. The van der Waals surface area contributed by atoms with E-state index in [1.807, 2.05) is 0 Å². The molecule has 0 aromatic carbocycles. The Balaban J connectivity index is 1.93. The maximum atomic E-state index is 12.2. The minimum absolute atomic E-state index is 0.375. The number of hydrogen-bond acceptors (Lipinski definition) is 5. The van der Waals surface area contributed by atoms with Crippen molar-refractivity contribution in [3.8, 4) is 0 Å². The zero-order valence-electron chi connectivity index (χ0n) is 14.8. The van der Waals surface area contributed by atoms with E-state index in [2.05, 4.69) is 24.3 Å². The van der Waals surface area contributed by atoms with Crippen molar-refractivity contribution in [3.05, 3.63) is 32.1 Å². The van der Waals surface area contributed by atoms with Crippen LogP contribution < -0.4 is 16.7 Å². The van der Waals surface area contributed by atoms with Crippen LogP contribution in [0.15, 0.2) is 14.6 Å². The van der Waals surface area contributed by atoms with Gasteiger partial charge in [0, 0.05) is 19.2 Å². The lowest BCUT2D eigenvalue weighted by atomic mass is 9.79. The van der Waals surface area contributed by atoms with Crippen molar-refractivity contribution in [2.45, 2.75) is 58.6 Å². The molecule has 0 radical (unpaired) electrons. The zero-order chi connectivity index (χ0) is 17.5. The number of aliphatic imine (C=N–C) groups is 1. The van der Waals surface area contributed by atoms with Crippen LogP contribution in [0.4, 0.5) is 0 Å². The first-order chi connectivity index (χ1) is 11.3. The first-order valence-corrected chi connectivity index (χ1v) is 8.65. The van der Waals surface area contributed by atoms with Gasteiger partial charge < -0.3 is 4.57 Å². The lowest BCUT2D eigenvalue weighted by Gasteiger charge is -2.34. The molecule has 24 heavy (non-hydrogen) atoms. The van der Waals surface area contributed by atoms with Crippen LogP contribution in [-0.2, 0) is 11.9 Å². The molecule has 0 bridgehead atoms. The van der Waals surface area contributed by atoms with Gasteiger partial charge in [-0.15, -0.1) is 0 Å². The second-order valence-electron chi connectivity index (χ2n) is 7.48. The molecule has 2 N–H and O–H groups in total. The first-order valence-electron chi connectivity index (χ1n) is 8.65. The second-order valence-corrected chi connectivity index (χ2v) is 7.48. The van der Waals surface area contributed by atoms with Crippen LogP contribution in [-0.4, -0.2) is 21.1 Å². The average molecular weight is 334 g/mol. The smallest absolute Gasteiger partial charge is 0.300 e. The van der Waals surface area contributed by atoms with Crippen LogP contribution in [0.25, 0.3) is 0 Å². The third kappa shape index (κ3) is 3.05. The summed E-state index contributed by atoms with van der Waals surface area (Å²) in [5, 5.41) is 0. The highest BCUT2D eigenvalue weighted by Gasteiger charge is 2.42. The fraction of sp³-hybridized carbons (Fsp3) is 0.706. The summed E-state index contributed by atoms with van der Waals surface area (Å²) in [5.41, 5.74) is 2.36. The molecule has 1 aromatic heterocycles. The molecule has 1 saturated carbocycles. The van der Waals surface area contributed by atoms with Crippen molar-refractivity contribution in [3.63, 3.8) is 0 Å². The maximum Gasteiger partial charge on any atom is 0.328 e. The van der Waals surface area contributed by atoms with Crippen molar-refractivity contribution in [1.82, 2.24) is 15.0 Å². The van der Waals surface area contributed by atoms with Gasteiger partial charge in [-0.25, -0.2) is 20.1 Å². The van der Waals surface area contributed by atoms with Gasteiger partial charge in [-0.3, -0.25) is 9.78 Å². The summed E-state index contributed by atoms with van der Waals surface area (Å²) in [7, 11) is 1.63.